The molecular formula is C20H22ClNO6S. The molecule has 1 amide bonds. The number of carbonyl (C=O) groups is 2. The van der Waals surface area contributed by atoms with E-state index in [1.807, 2.05) is 18.2 Å². The Labute approximate surface area is 175 Å². The van der Waals surface area contributed by atoms with Gasteiger partial charge in [0, 0.05) is 20.0 Å². The maximum atomic E-state index is 13.2. The van der Waals surface area contributed by atoms with Crippen molar-refractivity contribution in [1.82, 2.24) is 4.90 Å². The Morgan fingerprint density at radius 1 is 0.966 bits per heavy atom. The van der Waals surface area contributed by atoms with Crippen molar-refractivity contribution in [2.24, 2.45) is 0 Å². The number of hydrogen-bond acceptors (Lipinski definition) is 5. The fraction of sp³-hybridized carbons (Fsp3) is 0.300. The number of aliphatic carboxylic acids is 1. The lowest BCUT2D eigenvalue weighted by atomic mass is 9.96. The number of sulfone groups is 1. The van der Waals surface area contributed by atoms with Crippen LogP contribution >= 0.6 is 12.4 Å². The van der Waals surface area contributed by atoms with Crippen LogP contribution in [0.4, 0.5) is 0 Å². The fourth-order valence-corrected chi connectivity index (χ4v) is 5.21. The molecule has 2 aromatic carbocycles. The van der Waals surface area contributed by atoms with Crippen LogP contribution < -0.4 is 4.74 Å². The normalized spacial score (nSPS) is 15.8. The predicted molar refractivity (Wildman–Crippen MR) is 109 cm³/mol. The zero-order valence-corrected chi connectivity index (χ0v) is 17.4. The van der Waals surface area contributed by atoms with E-state index in [4.69, 9.17) is 4.74 Å². The molecule has 29 heavy (non-hydrogen) atoms. The highest BCUT2D eigenvalue weighted by Crippen LogP contribution is 2.36. The van der Waals surface area contributed by atoms with Gasteiger partial charge in [-0.1, -0.05) is 18.2 Å². The molecule has 1 fully saturated rings. The van der Waals surface area contributed by atoms with Gasteiger partial charge in [0.25, 0.3) is 0 Å². The number of carboxylic acid groups (broad SMARTS) is 1. The van der Waals surface area contributed by atoms with Gasteiger partial charge in [-0.2, -0.15) is 0 Å². The first-order chi connectivity index (χ1) is 13.3. The Morgan fingerprint density at radius 2 is 1.48 bits per heavy atom. The third-order valence-electron chi connectivity index (χ3n) is 5.03. The molecule has 0 atom stereocenters. The van der Waals surface area contributed by atoms with E-state index in [0.29, 0.717) is 11.5 Å². The highest BCUT2D eigenvalue weighted by molar-refractivity contribution is 7.93. The van der Waals surface area contributed by atoms with Crippen LogP contribution in [0, 0.1) is 0 Å². The summed E-state index contributed by atoms with van der Waals surface area (Å²) in [6.45, 7) is 1.57. The minimum Gasteiger partial charge on any atom is -0.480 e. The summed E-state index contributed by atoms with van der Waals surface area (Å²) in [6.07, 6.45) is -0.293. The quantitative estimate of drug-likeness (QED) is 0.768. The van der Waals surface area contributed by atoms with Gasteiger partial charge >= 0.3 is 5.97 Å². The van der Waals surface area contributed by atoms with Crippen LogP contribution in [0.1, 0.15) is 19.8 Å². The summed E-state index contributed by atoms with van der Waals surface area (Å²) < 4.78 is 30.0. The second kappa shape index (κ2) is 8.84. The number of ether oxygens (including phenoxy) is 1. The van der Waals surface area contributed by atoms with Gasteiger partial charge < -0.3 is 14.7 Å². The van der Waals surface area contributed by atoms with Gasteiger partial charge in [0.15, 0.2) is 14.6 Å². The average Bonchev–Trinajstić information content (AvgIpc) is 2.69. The van der Waals surface area contributed by atoms with E-state index < -0.39 is 20.6 Å². The van der Waals surface area contributed by atoms with E-state index in [9.17, 15) is 23.1 Å². The summed E-state index contributed by atoms with van der Waals surface area (Å²) >= 11 is 0. The zero-order valence-electron chi connectivity index (χ0n) is 15.8. The highest BCUT2D eigenvalue weighted by Gasteiger charge is 2.53. The maximum Gasteiger partial charge on any atom is 0.325 e. The van der Waals surface area contributed by atoms with Crippen molar-refractivity contribution < 1.29 is 27.9 Å². The van der Waals surface area contributed by atoms with E-state index in [1.54, 1.807) is 12.1 Å². The van der Waals surface area contributed by atoms with Crippen LogP contribution in [-0.4, -0.2) is 48.1 Å². The molecule has 7 nitrogen and oxygen atoms in total. The van der Waals surface area contributed by atoms with Crippen LogP contribution in [0.15, 0.2) is 59.5 Å². The zero-order chi connectivity index (χ0) is 20.4. The predicted octanol–water partition coefficient (Wildman–Crippen LogP) is 3.14. The topological polar surface area (TPSA) is 101 Å². The molecule has 1 aliphatic rings. The minimum atomic E-state index is -4.15. The lowest BCUT2D eigenvalue weighted by molar-refractivity contribution is -0.143. The summed E-state index contributed by atoms with van der Waals surface area (Å²) in [5.41, 5.74) is 0. The number of likely N-dealkylation sites (tertiary alicyclic amines) is 1. The van der Waals surface area contributed by atoms with Crippen LogP contribution in [0.2, 0.25) is 0 Å². The van der Waals surface area contributed by atoms with E-state index in [2.05, 4.69) is 0 Å². The van der Waals surface area contributed by atoms with Crippen LogP contribution in [0.3, 0.4) is 0 Å². The number of benzene rings is 2. The van der Waals surface area contributed by atoms with Crippen molar-refractivity contribution >= 4 is 34.1 Å². The van der Waals surface area contributed by atoms with E-state index in [-0.39, 0.29) is 49.1 Å². The van der Waals surface area contributed by atoms with Crippen LogP contribution in [0.5, 0.6) is 11.5 Å². The second-order valence-electron chi connectivity index (χ2n) is 6.70. The number of hydrogen-bond donors (Lipinski definition) is 1. The summed E-state index contributed by atoms with van der Waals surface area (Å²) in [7, 11) is -4.15. The average molecular weight is 440 g/mol. The molecule has 1 N–H and O–H groups in total. The number of piperidine rings is 1. The van der Waals surface area contributed by atoms with Crippen molar-refractivity contribution in [3.8, 4) is 11.5 Å². The Balaban J connectivity index is 0.00000300. The number of rotatable bonds is 5. The maximum absolute atomic E-state index is 13.2. The largest absolute Gasteiger partial charge is 0.480 e. The lowest BCUT2D eigenvalue weighted by Crippen LogP contribution is -2.55. The number of carboxylic acids is 1. The first kappa shape index (κ1) is 22.7. The number of amides is 1. The molecule has 0 aliphatic carbocycles. The van der Waals surface area contributed by atoms with E-state index in [0.717, 1.165) is 0 Å². The van der Waals surface area contributed by atoms with Crippen molar-refractivity contribution in [3.63, 3.8) is 0 Å². The summed E-state index contributed by atoms with van der Waals surface area (Å²) in [5, 5.41) is 9.75. The molecule has 0 saturated carbocycles. The number of halogens is 1. The Morgan fingerprint density at radius 3 is 1.97 bits per heavy atom. The Hall–Kier alpha value is -2.58. The van der Waals surface area contributed by atoms with Crippen LogP contribution in [-0.2, 0) is 19.4 Å². The summed E-state index contributed by atoms with van der Waals surface area (Å²) in [4.78, 5) is 24.9. The molecule has 0 radical (unpaired) electrons. The molecule has 0 aromatic heterocycles. The molecule has 0 bridgehead atoms. The highest BCUT2D eigenvalue weighted by atomic mass is 35.5. The van der Waals surface area contributed by atoms with Crippen molar-refractivity contribution in [3.05, 3.63) is 54.6 Å². The van der Waals surface area contributed by atoms with Gasteiger partial charge in [-0.15, -0.1) is 12.4 Å². The molecule has 1 saturated heterocycles. The summed E-state index contributed by atoms with van der Waals surface area (Å²) in [6, 6.07) is 14.7. The lowest BCUT2D eigenvalue weighted by Gasteiger charge is -2.37. The molecule has 2 aromatic rings. The molecule has 0 unspecified atom stereocenters. The summed E-state index contributed by atoms with van der Waals surface area (Å²) in [5.74, 6) is -0.531. The number of nitrogens with zero attached hydrogens (tertiary/aromatic N) is 1. The molecule has 1 aliphatic heterocycles. The smallest absolute Gasteiger partial charge is 0.325 e. The minimum absolute atomic E-state index is 0. The monoisotopic (exact) mass is 439 g/mol. The second-order valence-corrected chi connectivity index (χ2v) is 8.96. The van der Waals surface area contributed by atoms with Crippen LogP contribution in [0.25, 0.3) is 0 Å². The van der Waals surface area contributed by atoms with Gasteiger partial charge in [0.2, 0.25) is 5.91 Å². The third kappa shape index (κ3) is 4.38. The Kier molecular flexibility index (Phi) is 6.92. The van der Waals surface area contributed by atoms with Crippen molar-refractivity contribution in [2.45, 2.75) is 29.4 Å². The SMILES string of the molecule is CC(=O)N1CCC(C(=O)O)(S(=O)(=O)c2ccc(Oc3ccccc3)cc2)CC1.Cl. The van der Waals surface area contributed by atoms with E-state index >= 15 is 0 Å². The van der Waals surface area contributed by atoms with E-state index in [1.165, 1.54) is 36.1 Å². The fourth-order valence-electron chi connectivity index (χ4n) is 3.32. The van der Waals surface area contributed by atoms with Gasteiger partial charge in [0.05, 0.1) is 4.90 Å². The number of carbonyl (C=O) groups excluding carboxylic acids is 1. The van der Waals surface area contributed by atoms with Gasteiger partial charge in [-0.3, -0.25) is 9.59 Å². The molecule has 9 heteroatoms. The van der Waals surface area contributed by atoms with Crippen molar-refractivity contribution in [2.75, 3.05) is 13.1 Å². The molecule has 1 heterocycles. The first-order valence-electron chi connectivity index (χ1n) is 8.83. The first-order valence-corrected chi connectivity index (χ1v) is 10.3. The Bertz CT molecular complexity index is 968. The molecule has 156 valence electrons. The van der Waals surface area contributed by atoms with Gasteiger partial charge in [-0.05, 0) is 49.2 Å². The third-order valence-corrected chi connectivity index (χ3v) is 7.54. The molecule has 3 rings (SSSR count). The van der Waals surface area contributed by atoms with Crippen molar-refractivity contribution in [1.29, 1.82) is 0 Å². The molecular weight excluding hydrogens is 418 g/mol. The number of para-hydroxylation sites is 1. The van der Waals surface area contributed by atoms with Gasteiger partial charge in [0.1, 0.15) is 11.5 Å². The standard InChI is InChI=1S/C20H21NO6S.ClH/c1-15(22)21-13-11-20(12-14-21,19(23)24)28(25,26)18-9-7-17(8-10-18)27-16-5-3-2-4-6-16;/h2-10H,11-14H2,1H3,(H,23,24);1H. The molecule has 0 spiro atoms. The van der Waals surface area contributed by atoms with Gasteiger partial charge in [-0.25, -0.2) is 8.42 Å².